The largest absolute Gasteiger partial charge is 0.456 e. The van der Waals surface area contributed by atoms with Crippen molar-refractivity contribution in [2.75, 3.05) is 5.75 Å². The summed E-state index contributed by atoms with van der Waals surface area (Å²) in [4.78, 5) is 28.8. The fraction of sp³-hybridized carbons (Fsp3) is 0.105. The summed E-state index contributed by atoms with van der Waals surface area (Å²) in [6, 6.07) is 10.1. The first-order chi connectivity index (χ1) is 12.6. The fourth-order valence-electron chi connectivity index (χ4n) is 2.71. The van der Waals surface area contributed by atoms with E-state index in [1.165, 1.54) is 4.90 Å². The molecule has 0 atom stereocenters. The Bertz CT molecular complexity index is 1040. The zero-order chi connectivity index (χ0) is 18.1. The van der Waals surface area contributed by atoms with Gasteiger partial charge in [0.2, 0.25) is 0 Å². The smallest absolute Gasteiger partial charge is 0.290 e. The minimum Gasteiger partial charge on any atom is -0.456 e. The van der Waals surface area contributed by atoms with E-state index in [1.54, 1.807) is 30.2 Å². The van der Waals surface area contributed by atoms with Gasteiger partial charge in [0.05, 0.1) is 4.91 Å². The predicted octanol–water partition coefficient (Wildman–Crippen LogP) is 4.93. The van der Waals surface area contributed by atoms with Gasteiger partial charge in [-0.15, -0.1) is 11.8 Å². The van der Waals surface area contributed by atoms with E-state index >= 15 is 0 Å². The van der Waals surface area contributed by atoms with E-state index in [0.29, 0.717) is 16.2 Å². The van der Waals surface area contributed by atoms with Crippen LogP contribution in [0.3, 0.4) is 0 Å². The molecule has 0 saturated carbocycles. The molecule has 0 bridgehead atoms. The molecule has 0 spiro atoms. The molecule has 1 aromatic carbocycles. The van der Waals surface area contributed by atoms with E-state index < -0.39 is 5.91 Å². The standard InChI is InChI=1S/C19H14N2O3S2/c1-2-25-14-5-3-11(4-6-14)15-10-20-9-12-7-13(24-17(12)15)8-16-18(22)21-19(23)26-16/h3-10H,2H2,1H3,(H,21,22,23)/b16-8-. The van der Waals surface area contributed by atoms with Gasteiger partial charge in [-0.3, -0.25) is 19.9 Å². The lowest BCUT2D eigenvalue weighted by molar-refractivity contribution is -0.115. The van der Waals surface area contributed by atoms with E-state index in [1.807, 2.05) is 18.2 Å². The SMILES string of the molecule is CCSc1ccc(-c2cncc3cc(/C=C4\SC(=O)NC4=O)oc23)cc1. The van der Waals surface area contributed by atoms with Crippen molar-refractivity contribution in [3.8, 4) is 11.1 Å². The third-order valence-corrected chi connectivity index (χ3v) is 5.54. The van der Waals surface area contributed by atoms with Crippen LogP contribution in [0, 0.1) is 0 Å². The molecule has 1 saturated heterocycles. The minimum absolute atomic E-state index is 0.324. The molecule has 0 radical (unpaired) electrons. The molecule has 130 valence electrons. The lowest BCUT2D eigenvalue weighted by Crippen LogP contribution is -2.17. The van der Waals surface area contributed by atoms with E-state index in [4.69, 9.17) is 4.42 Å². The first-order valence-corrected chi connectivity index (χ1v) is 9.80. The molecule has 2 aromatic heterocycles. The molecule has 4 rings (SSSR count). The molecular weight excluding hydrogens is 368 g/mol. The number of hydrogen-bond donors (Lipinski definition) is 1. The molecule has 3 aromatic rings. The summed E-state index contributed by atoms with van der Waals surface area (Å²) < 4.78 is 5.95. The molecule has 26 heavy (non-hydrogen) atoms. The van der Waals surface area contributed by atoms with Gasteiger partial charge < -0.3 is 4.42 Å². The number of nitrogens with zero attached hydrogens (tertiary/aromatic N) is 1. The molecule has 0 unspecified atom stereocenters. The zero-order valence-corrected chi connectivity index (χ0v) is 15.4. The Labute approximate surface area is 158 Å². The maximum atomic E-state index is 11.7. The van der Waals surface area contributed by atoms with Crippen LogP contribution in [0.25, 0.3) is 28.2 Å². The number of hydrogen-bond acceptors (Lipinski definition) is 6. The van der Waals surface area contributed by atoms with Crippen molar-refractivity contribution in [2.45, 2.75) is 11.8 Å². The summed E-state index contributed by atoms with van der Waals surface area (Å²) >= 11 is 2.66. The maximum Gasteiger partial charge on any atom is 0.290 e. The summed E-state index contributed by atoms with van der Waals surface area (Å²) in [5, 5.41) is 2.71. The minimum atomic E-state index is -0.400. The molecular formula is C19H14N2O3S2. The average molecular weight is 382 g/mol. The second-order valence-corrected chi connectivity index (χ2v) is 7.92. The normalized spacial score (nSPS) is 15.8. The van der Waals surface area contributed by atoms with Crippen molar-refractivity contribution in [2.24, 2.45) is 0 Å². The lowest BCUT2D eigenvalue weighted by atomic mass is 10.1. The van der Waals surface area contributed by atoms with Crippen LogP contribution in [0.4, 0.5) is 4.79 Å². The van der Waals surface area contributed by atoms with E-state index in [2.05, 4.69) is 29.4 Å². The average Bonchev–Trinajstić information content (AvgIpc) is 3.18. The van der Waals surface area contributed by atoms with Crippen molar-refractivity contribution < 1.29 is 14.0 Å². The second-order valence-electron chi connectivity index (χ2n) is 5.56. The van der Waals surface area contributed by atoms with Crippen molar-refractivity contribution in [3.63, 3.8) is 0 Å². The first-order valence-electron chi connectivity index (χ1n) is 7.99. The Balaban J connectivity index is 1.73. The molecule has 1 aliphatic heterocycles. The third-order valence-electron chi connectivity index (χ3n) is 3.83. The van der Waals surface area contributed by atoms with Gasteiger partial charge in [-0.05, 0) is 41.3 Å². The van der Waals surface area contributed by atoms with Crippen LogP contribution in [0.5, 0.6) is 0 Å². The van der Waals surface area contributed by atoms with Crippen molar-refractivity contribution in [1.82, 2.24) is 10.3 Å². The van der Waals surface area contributed by atoms with E-state index in [0.717, 1.165) is 34.0 Å². The summed E-state index contributed by atoms with van der Waals surface area (Å²) in [5.74, 6) is 1.14. The number of aromatic nitrogens is 1. The number of rotatable bonds is 4. The topological polar surface area (TPSA) is 72.2 Å². The van der Waals surface area contributed by atoms with Gasteiger partial charge in [0.15, 0.2) is 0 Å². The van der Waals surface area contributed by atoms with E-state index in [-0.39, 0.29) is 5.24 Å². The number of imide groups is 1. The number of carbonyl (C=O) groups excluding carboxylic acids is 2. The molecule has 1 fully saturated rings. The third kappa shape index (κ3) is 3.27. The van der Waals surface area contributed by atoms with Gasteiger partial charge in [0.25, 0.3) is 11.1 Å². The van der Waals surface area contributed by atoms with Crippen LogP contribution in [0.2, 0.25) is 0 Å². The van der Waals surface area contributed by atoms with Crippen LogP contribution in [0.15, 0.2) is 56.9 Å². The number of carbonyl (C=O) groups is 2. The van der Waals surface area contributed by atoms with Gasteiger partial charge in [-0.25, -0.2) is 0 Å². The molecule has 1 aliphatic rings. The fourth-order valence-corrected chi connectivity index (χ4v) is 4.03. The first kappa shape index (κ1) is 16.9. The summed E-state index contributed by atoms with van der Waals surface area (Å²) in [7, 11) is 0. The van der Waals surface area contributed by atoms with Crippen LogP contribution < -0.4 is 5.32 Å². The Kier molecular flexibility index (Phi) is 4.57. The van der Waals surface area contributed by atoms with E-state index in [9.17, 15) is 9.59 Å². The van der Waals surface area contributed by atoms with Gasteiger partial charge in [0.1, 0.15) is 11.3 Å². The van der Waals surface area contributed by atoms with Crippen LogP contribution in [0.1, 0.15) is 12.7 Å². The number of amides is 2. The summed E-state index contributed by atoms with van der Waals surface area (Å²) in [6.07, 6.45) is 5.07. The number of benzene rings is 1. The number of fused-ring (bicyclic) bond motifs is 1. The van der Waals surface area contributed by atoms with Crippen molar-refractivity contribution >= 4 is 51.7 Å². The Morgan fingerprint density at radius 2 is 2.04 bits per heavy atom. The van der Waals surface area contributed by atoms with Gasteiger partial charge in [-0.2, -0.15) is 0 Å². The second kappa shape index (κ2) is 7.01. The Hall–Kier alpha value is -2.51. The van der Waals surface area contributed by atoms with Crippen molar-refractivity contribution in [3.05, 3.63) is 53.4 Å². The number of pyridine rings is 1. The molecule has 3 heterocycles. The molecule has 5 nitrogen and oxygen atoms in total. The highest BCUT2D eigenvalue weighted by Gasteiger charge is 2.25. The number of furan rings is 1. The van der Waals surface area contributed by atoms with Crippen LogP contribution in [-0.4, -0.2) is 21.9 Å². The van der Waals surface area contributed by atoms with Crippen LogP contribution >= 0.6 is 23.5 Å². The summed E-state index contributed by atoms with van der Waals surface area (Å²) in [6.45, 7) is 2.12. The predicted molar refractivity (Wildman–Crippen MR) is 105 cm³/mol. The van der Waals surface area contributed by atoms with Crippen molar-refractivity contribution in [1.29, 1.82) is 0 Å². The Morgan fingerprint density at radius 1 is 1.23 bits per heavy atom. The van der Waals surface area contributed by atoms with Gasteiger partial charge in [-0.1, -0.05) is 19.1 Å². The summed E-state index contributed by atoms with van der Waals surface area (Å²) in [5.41, 5.74) is 2.61. The molecule has 2 amide bonds. The highest BCUT2D eigenvalue weighted by atomic mass is 32.2. The van der Waals surface area contributed by atoms with Gasteiger partial charge >= 0.3 is 0 Å². The molecule has 7 heteroatoms. The lowest BCUT2D eigenvalue weighted by Gasteiger charge is -2.04. The molecule has 1 N–H and O–H groups in total. The number of nitrogens with one attached hydrogen (secondary N) is 1. The zero-order valence-electron chi connectivity index (χ0n) is 13.8. The highest BCUT2D eigenvalue weighted by Crippen LogP contribution is 2.33. The number of thioether (sulfide) groups is 2. The Morgan fingerprint density at radius 3 is 2.73 bits per heavy atom. The monoisotopic (exact) mass is 382 g/mol. The molecule has 0 aliphatic carbocycles. The maximum absolute atomic E-state index is 11.7. The van der Waals surface area contributed by atoms with Crippen LogP contribution in [-0.2, 0) is 4.79 Å². The quantitative estimate of drug-likeness (QED) is 0.509. The highest BCUT2D eigenvalue weighted by molar-refractivity contribution is 8.18. The van der Waals surface area contributed by atoms with Gasteiger partial charge in [0, 0.05) is 34.3 Å².